The molecule has 0 heterocycles. The molecule has 0 spiro atoms. The third kappa shape index (κ3) is 7.08. The number of carbonyl (C=O) groups is 2. The second-order valence-corrected chi connectivity index (χ2v) is 13.7. The van der Waals surface area contributed by atoms with Crippen LogP contribution in [0, 0.1) is 0 Å². The molecule has 4 aromatic carbocycles. The van der Waals surface area contributed by atoms with E-state index in [0.717, 1.165) is 11.1 Å². The van der Waals surface area contributed by atoms with Gasteiger partial charge in [0.15, 0.2) is 0 Å². The lowest BCUT2D eigenvalue weighted by atomic mass is 10.0. The molecule has 2 aliphatic carbocycles. The molecule has 0 atom stereocenters. The van der Waals surface area contributed by atoms with Crippen molar-refractivity contribution in [1.29, 1.82) is 0 Å². The maximum Gasteiger partial charge on any atom is 0.294 e. The lowest BCUT2D eigenvalue weighted by Crippen LogP contribution is -2.34. The summed E-state index contributed by atoms with van der Waals surface area (Å²) in [5.41, 5.74) is 7.96. The van der Waals surface area contributed by atoms with Crippen LogP contribution >= 0.6 is 0 Å². The van der Waals surface area contributed by atoms with Crippen molar-refractivity contribution in [2.24, 2.45) is 10.2 Å². The quantitative estimate of drug-likeness (QED) is 0.142. The van der Waals surface area contributed by atoms with Crippen molar-refractivity contribution in [3.05, 3.63) is 93.7 Å². The Morgan fingerprint density at radius 3 is 1.30 bits per heavy atom. The number of hydrogen-bond acceptors (Lipinski definition) is 12. The van der Waals surface area contributed by atoms with Crippen LogP contribution < -0.4 is 41.2 Å². The third-order valence-electron chi connectivity index (χ3n) is 7.70. The molecule has 14 nitrogen and oxygen atoms in total. The Morgan fingerprint density at radius 1 is 0.540 bits per heavy atom. The van der Waals surface area contributed by atoms with Crippen molar-refractivity contribution < 1.29 is 45.0 Å². The first kappa shape index (κ1) is 33.9. The molecule has 254 valence electrons. The summed E-state index contributed by atoms with van der Waals surface area (Å²) >= 11 is 0. The first-order valence-corrected chi connectivity index (χ1v) is 17.4. The van der Waals surface area contributed by atoms with Crippen molar-refractivity contribution in [3.63, 3.8) is 0 Å². The molecule has 4 aromatic rings. The molecule has 0 radical (unpaired) electrons. The predicted molar refractivity (Wildman–Crippen MR) is 186 cm³/mol. The zero-order valence-electron chi connectivity index (χ0n) is 26.1. The second-order valence-electron chi connectivity index (χ2n) is 10.9. The van der Waals surface area contributed by atoms with Gasteiger partial charge in [-0.2, -0.15) is 27.0 Å². The Bertz CT molecular complexity index is 2490. The zero-order valence-corrected chi connectivity index (χ0v) is 27.7. The highest BCUT2D eigenvalue weighted by molar-refractivity contribution is 7.86. The molecule has 2 aliphatic rings. The van der Waals surface area contributed by atoms with Gasteiger partial charge in [-0.05, 0) is 105 Å². The lowest BCUT2D eigenvalue weighted by molar-refractivity contribution is -0.108. The van der Waals surface area contributed by atoms with Crippen LogP contribution in [0.25, 0.3) is 35.4 Å². The van der Waals surface area contributed by atoms with Gasteiger partial charge in [-0.15, -0.1) is 0 Å². The van der Waals surface area contributed by atoms with Crippen LogP contribution in [0.5, 0.6) is 11.5 Å². The van der Waals surface area contributed by atoms with E-state index < -0.39 is 31.8 Å². The number of benzene rings is 4. The Balaban J connectivity index is 1.24. The molecule has 0 unspecified atom stereocenters. The van der Waals surface area contributed by atoms with Gasteiger partial charge in [-0.3, -0.25) is 29.5 Å². The highest BCUT2D eigenvalue weighted by Gasteiger charge is 2.17. The van der Waals surface area contributed by atoms with Crippen molar-refractivity contribution in [1.82, 2.24) is 0 Å². The monoisotopic (exact) mass is 714 g/mol. The summed E-state index contributed by atoms with van der Waals surface area (Å²) in [5.74, 6) is -0.0429. The van der Waals surface area contributed by atoms with Gasteiger partial charge in [0, 0.05) is 0 Å². The van der Waals surface area contributed by atoms with Gasteiger partial charge in [0.05, 0.1) is 35.4 Å². The molecular formula is C34H26N4O10S2. The summed E-state index contributed by atoms with van der Waals surface area (Å²) in [7, 11) is -5.94. The molecule has 0 amide bonds. The molecule has 16 heteroatoms. The number of carbonyl (C=O) groups excluding carboxylic acids is 2. The fourth-order valence-electron chi connectivity index (χ4n) is 5.15. The second kappa shape index (κ2) is 13.2. The van der Waals surface area contributed by atoms with E-state index in [4.69, 9.17) is 9.47 Å². The van der Waals surface area contributed by atoms with Crippen LogP contribution in [0.15, 0.2) is 92.8 Å². The van der Waals surface area contributed by atoms with Gasteiger partial charge in [0.2, 0.25) is 11.6 Å². The Kier molecular flexibility index (Phi) is 8.94. The van der Waals surface area contributed by atoms with Crippen molar-refractivity contribution >= 4 is 78.9 Å². The summed E-state index contributed by atoms with van der Waals surface area (Å²) < 4.78 is 76.1. The third-order valence-corrected chi connectivity index (χ3v) is 9.40. The normalized spacial score (nSPS) is 15.5. The van der Waals surface area contributed by atoms with Crippen LogP contribution in [0.4, 0.5) is 11.4 Å². The average molecular weight is 715 g/mol. The van der Waals surface area contributed by atoms with Crippen molar-refractivity contribution in [3.8, 4) is 22.6 Å². The summed E-state index contributed by atoms with van der Waals surface area (Å²) in [6.07, 6.45) is 5.44. The van der Waals surface area contributed by atoms with Gasteiger partial charge >= 0.3 is 0 Å². The molecule has 6 rings (SSSR count). The number of ketones is 2. The van der Waals surface area contributed by atoms with Gasteiger partial charge in [-0.1, -0.05) is 24.3 Å². The van der Waals surface area contributed by atoms with E-state index >= 15 is 0 Å². The fraction of sp³-hybridized carbons (Fsp3) is 0.0588. The first-order valence-electron chi connectivity index (χ1n) is 14.5. The highest BCUT2D eigenvalue weighted by Crippen LogP contribution is 2.35. The summed E-state index contributed by atoms with van der Waals surface area (Å²) in [4.78, 5) is 24.7. The first-order chi connectivity index (χ1) is 23.7. The maximum absolute atomic E-state index is 12.7. The van der Waals surface area contributed by atoms with E-state index in [-0.39, 0.29) is 21.2 Å². The molecule has 0 aromatic heterocycles. The van der Waals surface area contributed by atoms with Crippen LogP contribution in [0.2, 0.25) is 0 Å². The number of anilines is 2. The molecule has 0 saturated heterocycles. The van der Waals surface area contributed by atoms with Crippen LogP contribution in [0.3, 0.4) is 0 Å². The molecule has 0 fully saturated rings. The smallest absolute Gasteiger partial charge is 0.294 e. The van der Waals surface area contributed by atoms with E-state index in [0.29, 0.717) is 43.7 Å². The minimum absolute atomic E-state index is 0.00463. The number of hydrazone groups is 2. The molecule has 0 saturated carbocycles. The molecule has 0 aliphatic heterocycles. The van der Waals surface area contributed by atoms with Crippen molar-refractivity contribution in [2.45, 2.75) is 9.79 Å². The van der Waals surface area contributed by atoms with E-state index in [2.05, 4.69) is 21.1 Å². The fourth-order valence-corrected chi connectivity index (χ4v) is 6.18. The number of fused-ring (bicyclic) bond motifs is 2. The molecule has 4 N–H and O–H groups in total. The average Bonchev–Trinajstić information content (AvgIpc) is 3.08. The van der Waals surface area contributed by atoms with E-state index in [1.165, 1.54) is 74.9 Å². The summed E-state index contributed by atoms with van der Waals surface area (Å²) in [6.45, 7) is 0. The largest absolute Gasteiger partial charge is 0.494 e. The van der Waals surface area contributed by atoms with E-state index in [9.17, 15) is 35.5 Å². The predicted octanol–water partition coefficient (Wildman–Crippen LogP) is 1.09. The van der Waals surface area contributed by atoms with Crippen LogP contribution in [0.1, 0.15) is 0 Å². The molecular weight excluding hydrogens is 689 g/mol. The topological polar surface area (TPSA) is 210 Å². The SMILES string of the molecule is COc1cc(-c2ccc(NN=C3C=c4cc(S(=O)(=O)O)ccc4=CC3=O)c(OC)c2)ccc1NN=C1C=c2cc(S(=O)(=O)O)ccc2=CC1=O. The maximum atomic E-state index is 12.7. The number of nitrogens with zero attached hydrogens (tertiary/aromatic N) is 2. The van der Waals surface area contributed by atoms with E-state index in [1.54, 1.807) is 36.4 Å². The van der Waals surface area contributed by atoms with Crippen molar-refractivity contribution in [2.75, 3.05) is 25.1 Å². The number of methoxy groups -OCH3 is 2. The minimum Gasteiger partial charge on any atom is -0.494 e. The summed E-state index contributed by atoms with van der Waals surface area (Å²) in [5, 5.41) is 10.1. The summed E-state index contributed by atoms with van der Waals surface area (Å²) in [6, 6.07) is 18.2. The van der Waals surface area contributed by atoms with Crippen LogP contribution in [-0.4, -0.2) is 63.2 Å². The zero-order chi connectivity index (χ0) is 35.8. The molecule has 0 bridgehead atoms. The van der Waals surface area contributed by atoms with E-state index in [1.807, 2.05) is 0 Å². The standard InChI is InChI=1S/C34H26N4O10S2/c1-47-33-17-21(5-9-27(33)35-37-29-13-23-11-25(49(41,42)43)7-3-19(23)15-31(29)39)22-6-10-28(34(18-22)48-2)36-38-30-14-24-12-26(50(44,45)46)8-4-20(24)16-32(30)40/h3-18,35-36H,1-2H3,(H,41,42,43)(H,44,45,46). The number of Topliss-reactive ketones (excluding diaryl/α,β-unsaturated/α-hetero) is 2. The van der Waals surface area contributed by atoms with Gasteiger partial charge in [0.1, 0.15) is 22.9 Å². The number of ether oxygens (including phenoxy) is 2. The Labute approximate surface area is 284 Å². The Hall–Kier alpha value is -5.94. The number of hydrogen-bond donors (Lipinski definition) is 4. The van der Waals surface area contributed by atoms with Gasteiger partial charge in [-0.25, -0.2) is 0 Å². The van der Waals surface area contributed by atoms with Gasteiger partial charge < -0.3 is 9.47 Å². The lowest BCUT2D eigenvalue weighted by Gasteiger charge is -2.14. The minimum atomic E-state index is -4.43. The van der Waals surface area contributed by atoms with Gasteiger partial charge in [0.25, 0.3) is 20.2 Å². The highest BCUT2D eigenvalue weighted by atomic mass is 32.2. The van der Waals surface area contributed by atoms with Crippen LogP contribution in [-0.2, 0) is 29.8 Å². The number of nitrogens with one attached hydrogen (secondary N) is 2. The molecule has 50 heavy (non-hydrogen) atoms. The Morgan fingerprint density at radius 2 is 0.940 bits per heavy atom. The number of rotatable bonds is 9.